The van der Waals surface area contributed by atoms with Crippen LogP contribution in [0, 0.1) is 23.4 Å². The van der Waals surface area contributed by atoms with E-state index in [1.54, 1.807) is 0 Å². The Morgan fingerprint density at radius 1 is 1.13 bits per heavy atom. The van der Waals surface area contributed by atoms with Crippen molar-refractivity contribution in [2.75, 3.05) is 13.1 Å². The summed E-state index contributed by atoms with van der Waals surface area (Å²) in [6, 6.07) is 1.71. The van der Waals surface area contributed by atoms with Crippen LogP contribution >= 0.6 is 0 Å². The maximum absolute atomic E-state index is 13.7. The second-order valence-electron chi connectivity index (χ2n) is 5.95. The van der Waals surface area contributed by atoms with Gasteiger partial charge in [0.1, 0.15) is 0 Å². The largest absolute Gasteiger partial charge is 0.354 e. The Morgan fingerprint density at radius 2 is 1.74 bits per heavy atom. The highest BCUT2D eigenvalue weighted by atomic mass is 19.2. The van der Waals surface area contributed by atoms with Gasteiger partial charge in [0, 0.05) is 25.0 Å². The fourth-order valence-corrected chi connectivity index (χ4v) is 2.61. The van der Waals surface area contributed by atoms with Gasteiger partial charge in [0.15, 0.2) is 17.5 Å². The molecule has 23 heavy (non-hydrogen) atoms. The van der Waals surface area contributed by atoms with Crippen LogP contribution in [0.3, 0.4) is 0 Å². The van der Waals surface area contributed by atoms with Crippen LogP contribution in [0.1, 0.15) is 37.0 Å². The molecule has 1 heterocycles. The van der Waals surface area contributed by atoms with Crippen LogP contribution in [0.4, 0.5) is 13.2 Å². The second kappa shape index (κ2) is 7.02. The van der Waals surface area contributed by atoms with Crippen LogP contribution in [0.25, 0.3) is 0 Å². The molecule has 1 aromatic rings. The molecule has 1 aromatic carbocycles. The topological polar surface area (TPSA) is 49.4 Å². The molecule has 7 heteroatoms. The first kappa shape index (κ1) is 17.3. The van der Waals surface area contributed by atoms with Gasteiger partial charge < -0.3 is 10.2 Å². The van der Waals surface area contributed by atoms with Gasteiger partial charge in [0.05, 0.1) is 5.56 Å². The molecule has 2 rings (SSSR count). The lowest BCUT2D eigenvalue weighted by Gasteiger charge is -2.31. The van der Waals surface area contributed by atoms with Gasteiger partial charge in [-0.05, 0) is 38.8 Å². The smallest absolute Gasteiger partial charge is 0.256 e. The highest BCUT2D eigenvalue weighted by Gasteiger charge is 2.30. The molecular formula is C16H19F3N2O2. The molecule has 0 saturated carbocycles. The molecule has 1 fully saturated rings. The van der Waals surface area contributed by atoms with Gasteiger partial charge in [-0.15, -0.1) is 0 Å². The minimum Gasteiger partial charge on any atom is -0.354 e. The molecule has 0 unspecified atom stereocenters. The zero-order valence-electron chi connectivity index (χ0n) is 13.0. The highest BCUT2D eigenvalue weighted by Crippen LogP contribution is 2.22. The zero-order valence-corrected chi connectivity index (χ0v) is 13.0. The van der Waals surface area contributed by atoms with Gasteiger partial charge in [0.2, 0.25) is 5.91 Å². The molecule has 0 aliphatic carbocycles. The number of amides is 2. The summed E-state index contributed by atoms with van der Waals surface area (Å²) in [6.45, 7) is 4.27. The van der Waals surface area contributed by atoms with Gasteiger partial charge in [0.25, 0.3) is 5.91 Å². The molecule has 126 valence electrons. The predicted molar refractivity (Wildman–Crippen MR) is 78.2 cm³/mol. The maximum atomic E-state index is 13.7. The van der Waals surface area contributed by atoms with Crippen molar-refractivity contribution < 1.29 is 22.8 Å². The normalized spacial score (nSPS) is 15.8. The quantitative estimate of drug-likeness (QED) is 0.867. The summed E-state index contributed by atoms with van der Waals surface area (Å²) in [5.74, 6) is -5.41. The number of carbonyl (C=O) groups is 2. The number of benzene rings is 1. The van der Waals surface area contributed by atoms with E-state index in [9.17, 15) is 22.8 Å². The average molecular weight is 328 g/mol. The van der Waals surface area contributed by atoms with Gasteiger partial charge in [-0.2, -0.15) is 0 Å². The van der Waals surface area contributed by atoms with E-state index >= 15 is 0 Å². The number of nitrogens with one attached hydrogen (secondary N) is 1. The van der Waals surface area contributed by atoms with E-state index in [-0.39, 0.29) is 31.0 Å². The first-order valence-electron chi connectivity index (χ1n) is 7.54. The van der Waals surface area contributed by atoms with E-state index in [0.717, 1.165) is 12.1 Å². The maximum Gasteiger partial charge on any atom is 0.256 e. The fourth-order valence-electron chi connectivity index (χ4n) is 2.61. The van der Waals surface area contributed by atoms with E-state index in [4.69, 9.17) is 0 Å². The highest BCUT2D eigenvalue weighted by molar-refractivity contribution is 5.94. The molecule has 0 radical (unpaired) electrons. The van der Waals surface area contributed by atoms with E-state index in [1.165, 1.54) is 4.90 Å². The van der Waals surface area contributed by atoms with E-state index < -0.39 is 28.9 Å². The number of nitrogens with zero attached hydrogens (tertiary/aromatic N) is 1. The van der Waals surface area contributed by atoms with Crippen LogP contribution in [0.5, 0.6) is 0 Å². The van der Waals surface area contributed by atoms with Crippen LogP contribution in [-0.4, -0.2) is 35.8 Å². The van der Waals surface area contributed by atoms with Gasteiger partial charge in [-0.3, -0.25) is 9.59 Å². The van der Waals surface area contributed by atoms with Crippen molar-refractivity contribution in [3.63, 3.8) is 0 Å². The number of rotatable bonds is 3. The number of halogens is 3. The fraction of sp³-hybridized carbons (Fsp3) is 0.500. The first-order valence-corrected chi connectivity index (χ1v) is 7.54. The molecule has 1 N–H and O–H groups in total. The standard InChI is InChI=1S/C16H19F3N2O2/c1-9(2)20-15(22)10-5-7-21(8-6-10)16(23)11-3-4-12(17)14(19)13(11)18/h3-4,9-10H,5-8H2,1-2H3,(H,20,22). The van der Waals surface area contributed by atoms with Crippen molar-refractivity contribution in [3.8, 4) is 0 Å². The average Bonchev–Trinajstić information content (AvgIpc) is 2.52. The number of likely N-dealkylation sites (tertiary alicyclic amines) is 1. The summed E-state index contributed by atoms with van der Waals surface area (Å²) in [6.07, 6.45) is 0.908. The van der Waals surface area contributed by atoms with Crippen molar-refractivity contribution in [2.45, 2.75) is 32.7 Å². The van der Waals surface area contributed by atoms with Crippen LogP contribution in [0.2, 0.25) is 0 Å². The van der Waals surface area contributed by atoms with Gasteiger partial charge in [-0.25, -0.2) is 13.2 Å². The molecule has 0 atom stereocenters. The molecule has 4 nitrogen and oxygen atoms in total. The predicted octanol–water partition coefficient (Wildman–Crippen LogP) is 2.48. The molecule has 1 aliphatic heterocycles. The second-order valence-corrected chi connectivity index (χ2v) is 5.95. The lowest BCUT2D eigenvalue weighted by atomic mass is 9.95. The Morgan fingerprint density at radius 3 is 2.30 bits per heavy atom. The molecule has 0 bridgehead atoms. The first-order chi connectivity index (χ1) is 10.8. The van der Waals surface area contributed by atoms with Crippen LogP contribution in [0.15, 0.2) is 12.1 Å². The molecule has 0 spiro atoms. The molecular weight excluding hydrogens is 309 g/mol. The van der Waals surface area contributed by atoms with Crippen molar-refractivity contribution >= 4 is 11.8 Å². The zero-order chi connectivity index (χ0) is 17.1. The van der Waals surface area contributed by atoms with E-state index in [0.29, 0.717) is 12.8 Å². The van der Waals surface area contributed by atoms with Crippen LogP contribution in [-0.2, 0) is 4.79 Å². The number of piperidine rings is 1. The van der Waals surface area contributed by atoms with Crippen molar-refractivity contribution in [1.29, 1.82) is 0 Å². The third kappa shape index (κ3) is 3.83. The lowest BCUT2D eigenvalue weighted by molar-refractivity contribution is -0.126. The Kier molecular flexibility index (Phi) is 5.28. The summed E-state index contributed by atoms with van der Waals surface area (Å²) < 4.78 is 39.8. The summed E-state index contributed by atoms with van der Waals surface area (Å²) in [5.41, 5.74) is -0.492. The van der Waals surface area contributed by atoms with Crippen LogP contribution < -0.4 is 5.32 Å². The Hall–Kier alpha value is -2.05. The molecule has 2 amide bonds. The summed E-state index contributed by atoms with van der Waals surface area (Å²) in [4.78, 5) is 25.5. The molecule has 1 aliphatic rings. The van der Waals surface area contributed by atoms with E-state index in [2.05, 4.69) is 5.32 Å². The van der Waals surface area contributed by atoms with Gasteiger partial charge in [-0.1, -0.05) is 0 Å². The van der Waals surface area contributed by atoms with Crippen molar-refractivity contribution in [3.05, 3.63) is 35.1 Å². The Balaban J connectivity index is 2.02. The summed E-state index contributed by atoms with van der Waals surface area (Å²) in [7, 11) is 0. The third-order valence-corrected chi connectivity index (χ3v) is 3.85. The Labute approximate surface area is 132 Å². The summed E-state index contributed by atoms with van der Waals surface area (Å²) in [5, 5.41) is 2.82. The van der Waals surface area contributed by atoms with Crippen molar-refractivity contribution in [1.82, 2.24) is 10.2 Å². The van der Waals surface area contributed by atoms with Crippen molar-refractivity contribution in [2.24, 2.45) is 5.92 Å². The SMILES string of the molecule is CC(C)NC(=O)C1CCN(C(=O)c2ccc(F)c(F)c2F)CC1. The minimum absolute atomic E-state index is 0.0402. The number of hydrogen-bond donors (Lipinski definition) is 1. The minimum atomic E-state index is -1.65. The van der Waals surface area contributed by atoms with E-state index in [1.807, 2.05) is 13.8 Å². The molecule has 1 saturated heterocycles. The number of hydrogen-bond acceptors (Lipinski definition) is 2. The summed E-state index contributed by atoms with van der Waals surface area (Å²) >= 11 is 0. The molecule has 0 aromatic heterocycles. The third-order valence-electron chi connectivity index (χ3n) is 3.85. The van der Waals surface area contributed by atoms with Gasteiger partial charge >= 0.3 is 0 Å². The Bertz CT molecular complexity index is 612. The number of carbonyl (C=O) groups excluding carboxylic acids is 2. The monoisotopic (exact) mass is 328 g/mol. The lowest BCUT2D eigenvalue weighted by Crippen LogP contribution is -2.44.